The fraction of sp³-hybridized carbons (Fsp3) is 0.714. The van der Waals surface area contributed by atoms with Crippen LogP contribution in [0.25, 0.3) is 0 Å². The molecule has 0 aliphatic rings. The lowest BCUT2D eigenvalue weighted by atomic mass is 9.96. The van der Waals surface area contributed by atoms with Gasteiger partial charge in [-0.15, -0.1) is 0 Å². The zero-order valence-corrected chi connectivity index (χ0v) is 53.3. The van der Waals surface area contributed by atoms with Gasteiger partial charge in [0.1, 0.15) is 60.4 Å². The Hall–Kier alpha value is -8.76. The topological polar surface area (TPSA) is 594 Å². The number of unbranched alkanes of at least 4 members (excludes halogenated alkanes) is 1. The molecule has 0 saturated heterocycles. The van der Waals surface area contributed by atoms with E-state index in [9.17, 15) is 97.5 Å². The van der Waals surface area contributed by atoms with Crippen LogP contribution in [0.15, 0.2) is 4.99 Å². The smallest absolute Gasteiger partial charge is 0.326 e. The molecule has 13 atom stereocenters. The Bertz CT molecular complexity index is 2570. The number of hydrogen-bond acceptors (Lipinski definition) is 18. The lowest BCUT2D eigenvalue weighted by Gasteiger charge is -2.30. The van der Waals surface area contributed by atoms with E-state index in [1.54, 1.807) is 48.5 Å². The number of nitrogens with two attached hydrogens (primary N) is 4. The number of nitrogens with zero attached hydrogens (tertiary/aromatic N) is 1. The van der Waals surface area contributed by atoms with Crippen LogP contribution in [-0.4, -0.2) is 200 Å². The highest BCUT2D eigenvalue weighted by molar-refractivity contribution is 6.01. The summed E-state index contributed by atoms with van der Waals surface area (Å²) >= 11 is 0. The zero-order valence-electron chi connectivity index (χ0n) is 53.3. The van der Waals surface area contributed by atoms with Gasteiger partial charge in [0.25, 0.3) is 0 Å². The standard InChI is InChI=1S/C56H97N15O20/c1-11-28(9)43(53(88)67-35(23-39(76)77)49(84)65-36(24-40(78)79)50(85)69-42(27(7)8)52(87)66-32(20-25(3)4)46(81)63-31(55(90)91)16-13-14-18-57)70-45(80)30(17-15-19-61-56(59)60)62-47(82)33(21-37(72)73)64-48(83)34(22-38(74)75)68-54(89)44(29(10)12-2)71-51(86)41(58)26(5)6/h25-36,41-44H,11-24,57-58H2,1-10H3,(H,62,82)(H,63,81)(H,64,83)(H,65,84)(H,66,87)(H,67,88)(H,68,89)(H,69,85)(H,70,80)(H,71,86)(H,72,73)(H,74,75)(H,76,77)(H,78,79)(H,90,91)(H4,59,60,61)/t28-,29-,30-,31-,32-,33-,34-,35-,36-,41-,42-,43-,44-/m0/s1. The Morgan fingerprint density at radius 1 is 0.385 bits per heavy atom. The molecule has 516 valence electrons. The number of carbonyl (C=O) groups excluding carboxylic acids is 10. The third-order valence-electron chi connectivity index (χ3n) is 14.4. The highest BCUT2D eigenvalue weighted by Gasteiger charge is 2.39. The Morgan fingerprint density at radius 3 is 1.05 bits per heavy atom. The van der Waals surface area contributed by atoms with E-state index in [-0.39, 0.29) is 63.0 Å². The van der Waals surface area contributed by atoms with Crippen molar-refractivity contribution in [2.24, 2.45) is 57.5 Å². The van der Waals surface area contributed by atoms with Crippen molar-refractivity contribution in [1.82, 2.24) is 53.2 Å². The lowest BCUT2D eigenvalue weighted by molar-refractivity contribution is -0.144. The van der Waals surface area contributed by atoms with Gasteiger partial charge in [-0.1, -0.05) is 82.1 Å². The fourth-order valence-corrected chi connectivity index (χ4v) is 8.63. The van der Waals surface area contributed by atoms with E-state index in [4.69, 9.17) is 22.9 Å². The molecule has 0 aromatic carbocycles. The van der Waals surface area contributed by atoms with Crippen molar-refractivity contribution in [3.8, 4) is 0 Å². The number of aliphatic carboxylic acids is 5. The lowest BCUT2D eigenvalue weighted by Crippen LogP contribution is -2.62. The second-order valence-electron chi connectivity index (χ2n) is 23.3. The van der Waals surface area contributed by atoms with Crippen LogP contribution in [0.4, 0.5) is 0 Å². The van der Waals surface area contributed by atoms with Gasteiger partial charge in [-0.3, -0.25) is 72.1 Å². The summed E-state index contributed by atoms with van der Waals surface area (Å²) in [5, 5.41) is 72.2. The summed E-state index contributed by atoms with van der Waals surface area (Å²) in [6.45, 7) is 16.1. The quantitative estimate of drug-likeness (QED) is 0.0156. The van der Waals surface area contributed by atoms with Crippen LogP contribution in [0, 0.1) is 29.6 Å². The van der Waals surface area contributed by atoms with Gasteiger partial charge in [-0.25, -0.2) is 4.79 Å². The predicted molar refractivity (Wildman–Crippen MR) is 325 cm³/mol. The van der Waals surface area contributed by atoms with Crippen LogP contribution in [0.5, 0.6) is 0 Å². The molecule has 0 aliphatic heterocycles. The number of guanidine groups is 1. The average molecular weight is 1300 g/mol. The third-order valence-corrected chi connectivity index (χ3v) is 14.4. The van der Waals surface area contributed by atoms with E-state index >= 15 is 0 Å². The summed E-state index contributed by atoms with van der Waals surface area (Å²) in [5.41, 5.74) is 22.4. The predicted octanol–water partition coefficient (Wildman–Crippen LogP) is -4.22. The molecule has 0 bridgehead atoms. The minimum absolute atomic E-state index is 0.000320. The van der Waals surface area contributed by atoms with Crippen LogP contribution >= 0.6 is 0 Å². The number of amides is 10. The van der Waals surface area contributed by atoms with Crippen LogP contribution in [-0.2, 0) is 71.9 Å². The number of aliphatic imine (C=N–C) groups is 1. The van der Waals surface area contributed by atoms with Crippen LogP contribution < -0.4 is 76.1 Å². The molecule has 0 heterocycles. The van der Waals surface area contributed by atoms with Gasteiger partial charge < -0.3 is 102 Å². The van der Waals surface area contributed by atoms with Crippen molar-refractivity contribution in [3.63, 3.8) is 0 Å². The molecule has 10 amide bonds. The number of hydrogen-bond donors (Lipinski definition) is 19. The van der Waals surface area contributed by atoms with Crippen molar-refractivity contribution >= 4 is 94.9 Å². The highest BCUT2D eigenvalue weighted by atomic mass is 16.4. The first-order valence-corrected chi connectivity index (χ1v) is 30.0. The van der Waals surface area contributed by atoms with E-state index in [1.807, 2.05) is 0 Å². The Labute approximate surface area is 527 Å². The van der Waals surface area contributed by atoms with Gasteiger partial charge >= 0.3 is 29.8 Å². The molecule has 0 aromatic heterocycles. The van der Waals surface area contributed by atoms with Crippen LogP contribution in [0.2, 0.25) is 0 Å². The molecule has 91 heavy (non-hydrogen) atoms. The maximum absolute atomic E-state index is 14.3. The molecular weight excluding hydrogens is 1200 g/mol. The summed E-state index contributed by atoms with van der Waals surface area (Å²) < 4.78 is 0. The first-order chi connectivity index (χ1) is 42.3. The van der Waals surface area contributed by atoms with E-state index in [1.165, 1.54) is 20.8 Å². The van der Waals surface area contributed by atoms with Gasteiger partial charge in [0, 0.05) is 6.54 Å². The number of carbonyl (C=O) groups is 15. The SMILES string of the molecule is CC[C@H](C)[C@H](NC(=O)[C@H](CCCN=C(N)N)NC(=O)[C@H](CC(=O)O)NC(=O)[C@H](CC(=O)O)NC(=O)[C@@H](NC(=O)[C@@H](N)C(C)C)[C@@H](C)CC)C(=O)N[C@@H](CC(=O)O)C(=O)N[C@@H](CC(=O)O)C(=O)N[C@H](C(=O)N[C@@H](CC(C)C)C(=O)N[C@@H](CCCCN)C(=O)O)C(C)C. The van der Waals surface area contributed by atoms with Gasteiger partial charge in [-0.05, 0) is 74.7 Å². The second kappa shape index (κ2) is 41.5. The molecule has 23 N–H and O–H groups in total. The van der Waals surface area contributed by atoms with E-state index in [2.05, 4.69) is 58.2 Å². The molecule has 0 unspecified atom stereocenters. The molecule has 0 fully saturated rings. The molecule has 35 heteroatoms. The zero-order chi connectivity index (χ0) is 70.2. The Morgan fingerprint density at radius 2 is 0.703 bits per heavy atom. The number of carboxylic acid groups (broad SMARTS) is 5. The highest BCUT2D eigenvalue weighted by Crippen LogP contribution is 2.15. The van der Waals surface area contributed by atoms with Crippen molar-refractivity contribution in [1.29, 1.82) is 0 Å². The second-order valence-corrected chi connectivity index (χ2v) is 23.3. The molecule has 0 radical (unpaired) electrons. The van der Waals surface area contributed by atoms with Crippen molar-refractivity contribution in [2.45, 2.75) is 213 Å². The summed E-state index contributed by atoms with van der Waals surface area (Å²) in [7, 11) is 0. The average Bonchev–Trinajstić information content (AvgIpc) is 0.970. The fourth-order valence-electron chi connectivity index (χ4n) is 8.63. The molecule has 0 aromatic rings. The summed E-state index contributed by atoms with van der Waals surface area (Å²) in [6, 6.07) is -18.4. The first kappa shape index (κ1) is 82.2. The molecule has 35 nitrogen and oxygen atoms in total. The van der Waals surface area contributed by atoms with E-state index in [0.29, 0.717) is 19.3 Å². The van der Waals surface area contributed by atoms with Gasteiger partial charge in [0.2, 0.25) is 59.1 Å². The van der Waals surface area contributed by atoms with Crippen molar-refractivity contribution < 1.29 is 97.5 Å². The molecule has 0 spiro atoms. The summed E-state index contributed by atoms with van der Waals surface area (Å²) in [5.74, 6) is -22.8. The van der Waals surface area contributed by atoms with E-state index in [0.717, 1.165) is 0 Å². The molecule has 0 rings (SSSR count). The maximum Gasteiger partial charge on any atom is 0.326 e. The van der Waals surface area contributed by atoms with Crippen molar-refractivity contribution in [2.75, 3.05) is 13.1 Å². The molecule has 0 aliphatic carbocycles. The van der Waals surface area contributed by atoms with Crippen LogP contribution in [0.1, 0.15) is 146 Å². The third kappa shape index (κ3) is 31.5. The number of nitrogens with one attached hydrogen (secondary N) is 10. The van der Waals surface area contributed by atoms with Gasteiger partial charge in [-0.2, -0.15) is 0 Å². The van der Waals surface area contributed by atoms with Gasteiger partial charge in [0.05, 0.1) is 31.7 Å². The largest absolute Gasteiger partial charge is 0.481 e. The number of rotatable bonds is 45. The molecule has 0 saturated carbocycles. The monoisotopic (exact) mass is 1300 g/mol. The summed E-state index contributed by atoms with van der Waals surface area (Å²) in [6.07, 6.45) is -3.96. The number of carboxylic acids is 5. The van der Waals surface area contributed by atoms with Gasteiger partial charge in [0.15, 0.2) is 5.96 Å². The minimum Gasteiger partial charge on any atom is -0.481 e. The van der Waals surface area contributed by atoms with Crippen molar-refractivity contribution in [3.05, 3.63) is 0 Å². The van der Waals surface area contributed by atoms with Crippen LogP contribution in [0.3, 0.4) is 0 Å². The normalized spacial score (nSPS) is 15.5. The summed E-state index contributed by atoms with van der Waals surface area (Å²) in [4.78, 5) is 203. The minimum atomic E-state index is -2.13. The molecular formula is C56H97N15O20. The maximum atomic E-state index is 14.3. The first-order valence-electron chi connectivity index (χ1n) is 30.0. The Balaban J connectivity index is 7.10. The van der Waals surface area contributed by atoms with E-state index < -0.39 is 199 Å². The Kier molecular flexibility index (Phi) is 37.5.